The second kappa shape index (κ2) is 8.29. The molecule has 0 fully saturated rings. The first kappa shape index (κ1) is 17.7. The molecule has 2 aromatic carbocycles. The summed E-state index contributed by atoms with van der Waals surface area (Å²) in [5, 5.41) is 2.86. The van der Waals surface area contributed by atoms with Crippen LogP contribution in [0.5, 0.6) is 0 Å². The van der Waals surface area contributed by atoms with Crippen molar-refractivity contribution in [2.24, 2.45) is 0 Å². The molecule has 2 rings (SSSR count). The van der Waals surface area contributed by atoms with E-state index in [9.17, 15) is 9.59 Å². The molecular weight excluding hydrogens is 300 g/mol. The number of nitrogens with one attached hydrogen (secondary N) is 1. The molecule has 0 atom stereocenters. The summed E-state index contributed by atoms with van der Waals surface area (Å²) in [4.78, 5) is 25.6. The van der Waals surface area contributed by atoms with Crippen LogP contribution in [0.3, 0.4) is 0 Å². The summed E-state index contributed by atoms with van der Waals surface area (Å²) in [6.45, 7) is 6.06. The molecule has 0 aliphatic carbocycles. The lowest BCUT2D eigenvalue weighted by molar-refractivity contribution is -0.123. The molecule has 1 N–H and O–H groups in total. The van der Waals surface area contributed by atoms with Crippen molar-refractivity contribution >= 4 is 17.5 Å². The molecule has 0 aliphatic rings. The van der Waals surface area contributed by atoms with Gasteiger partial charge in [0, 0.05) is 19.2 Å². The average molecular weight is 324 g/mol. The lowest BCUT2D eigenvalue weighted by Crippen LogP contribution is -2.39. The Labute approximate surface area is 143 Å². The highest BCUT2D eigenvalue weighted by Crippen LogP contribution is 2.16. The summed E-state index contributed by atoms with van der Waals surface area (Å²) in [7, 11) is 0. The minimum absolute atomic E-state index is 0.0205. The fraction of sp³-hybridized carbons (Fsp3) is 0.300. The zero-order valence-corrected chi connectivity index (χ0v) is 14.5. The largest absolute Gasteiger partial charge is 0.350 e. The zero-order chi connectivity index (χ0) is 17.5. The van der Waals surface area contributed by atoms with Crippen LogP contribution in [0.15, 0.2) is 48.5 Å². The van der Waals surface area contributed by atoms with Crippen molar-refractivity contribution < 1.29 is 9.59 Å². The van der Waals surface area contributed by atoms with Gasteiger partial charge in [-0.3, -0.25) is 9.59 Å². The summed E-state index contributed by atoms with van der Waals surface area (Å²) in [5.41, 5.74) is 4.16. The van der Waals surface area contributed by atoms with Gasteiger partial charge < -0.3 is 10.2 Å². The number of hydrogen-bond acceptors (Lipinski definition) is 2. The molecule has 0 saturated heterocycles. The van der Waals surface area contributed by atoms with Crippen molar-refractivity contribution in [3.8, 4) is 0 Å². The third-order valence-corrected chi connectivity index (χ3v) is 3.95. The molecule has 2 amide bonds. The molecule has 0 radical (unpaired) electrons. The van der Waals surface area contributed by atoms with E-state index in [1.165, 1.54) is 23.0 Å². The van der Waals surface area contributed by atoms with E-state index in [0.717, 1.165) is 17.7 Å². The van der Waals surface area contributed by atoms with Gasteiger partial charge in [0.15, 0.2) is 0 Å². The summed E-state index contributed by atoms with van der Waals surface area (Å²) < 4.78 is 0. The Morgan fingerprint density at radius 3 is 2.08 bits per heavy atom. The van der Waals surface area contributed by atoms with E-state index in [-0.39, 0.29) is 18.4 Å². The number of rotatable bonds is 6. The molecule has 0 aliphatic heterocycles. The van der Waals surface area contributed by atoms with Gasteiger partial charge in [0.1, 0.15) is 6.54 Å². The number of hydrogen-bond donors (Lipinski definition) is 1. The van der Waals surface area contributed by atoms with Crippen molar-refractivity contribution in [1.82, 2.24) is 5.32 Å². The normalized spacial score (nSPS) is 10.3. The first-order valence-corrected chi connectivity index (χ1v) is 8.19. The molecule has 0 saturated carbocycles. The Morgan fingerprint density at radius 2 is 1.54 bits per heavy atom. The Morgan fingerprint density at radius 1 is 0.958 bits per heavy atom. The topological polar surface area (TPSA) is 49.4 Å². The van der Waals surface area contributed by atoms with Crippen LogP contribution in [0.4, 0.5) is 5.69 Å². The van der Waals surface area contributed by atoms with E-state index in [0.29, 0.717) is 6.54 Å². The molecule has 126 valence electrons. The number of carbonyl (C=O) groups is 2. The maximum Gasteiger partial charge on any atom is 0.240 e. The van der Waals surface area contributed by atoms with Crippen LogP contribution >= 0.6 is 0 Å². The fourth-order valence-corrected chi connectivity index (χ4v) is 2.40. The maximum atomic E-state index is 12.2. The number of carbonyl (C=O) groups excluding carboxylic acids is 2. The Bertz CT molecular complexity index is 691. The monoisotopic (exact) mass is 324 g/mol. The van der Waals surface area contributed by atoms with E-state index < -0.39 is 0 Å². The van der Waals surface area contributed by atoms with Crippen molar-refractivity contribution in [3.05, 3.63) is 65.2 Å². The molecular formula is C20H24N2O2. The standard InChI is InChI=1S/C20H24N2O2/c1-4-17-9-11-19(12-10-17)22(16(3)23)14-20(24)21-13-18-7-5-15(2)6-8-18/h5-12H,4,13-14H2,1-3H3,(H,21,24). The predicted molar refractivity (Wildman–Crippen MR) is 96.9 cm³/mol. The molecule has 4 nitrogen and oxygen atoms in total. The van der Waals surface area contributed by atoms with Crippen LogP contribution in [-0.4, -0.2) is 18.4 Å². The van der Waals surface area contributed by atoms with E-state index in [1.807, 2.05) is 55.5 Å². The van der Waals surface area contributed by atoms with Gasteiger partial charge in [-0.05, 0) is 36.6 Å². The van der Waals surface area contributed by atoms with Gasteiger partial charge in [-0.1, -0.05) is 48.9 Å². The maximum absolute atomic E-state index is 12.2. The number of aryl methyl sites for hydroxylation is 2. The van der Waals surface area contributed by atoms with Crippen LogP contribution in [0.1, 0.15) is 30.5 Å². The molecule has 4 heteroatoms. The second-order valence-corrected chi connectivity index (χ2v) is 5.89. The van der Waals surface area contributed by atoms with Gasteiger partial charge in [0.2, 0.25) is 11.8 Å². The highest BCUT2D eigenvalue weighted by atomic mass is 16.2. The minimum Gasteiger partial charge on any atom is -0.350 e. The predicted octanol–water partition coefficient (Wildman–Crippen LogP) is 3.23. The van der Waals surface area contributed by atoms with Crippen molar-refractivity contribution in [2.45, 2.75) is 33.7 Å². The zero-order valence-electron chi connectivity index (χ0n) is 14.5. The third-order valence-electron chi connectivity index (χ3n) is 3.95. The lowest BCUT2D eigenvalue weighted by atomic mass is 10.1. The first-order chi connectivity index (χ1) is 11.5. The Hall–Kier alpha value is -2.62. The van der Waals surface area contributed by atoms with Gasteiger partial charge in [-0.15, -0.1) is 0 Å². The first-order valence-electron chi connectivity index (χ1n) is 8.19. The minimum atomic E-state index is -0.176. The van der Waals surface area contributed by atoms with Crippen molar-refractivity contribution in [2.75, 3.05) is 11.4 Å². The molecule has 2 aromatic rings. The SMILES string of the molecule is CCc1ccc(N(CC(=O)NCc2ccc(C)cc2)C(C)=O)cc1. The molecule has 0 bridgehead atoms. The second-order valence-electron chi connectivity index (χ2n) is 5.89. The van der Waals surface area contributed by atoms with E-state index in [4.69, 9.17) is 0 Å². The Balaban J connectivity index is 1.97. The average Bonchev–Trinajstić information content (AvgIpc) is 2.59. The van der Waals surface area contributed by atoms with Gasteiger partial charge in [0.05, 0.1) is 0 Å². The number of benzene rings is 2. The summed E-state index contributed by atoms with van der Waals surface area (Å²) in [6, 6.07) is 15.7. The van der Waals surface area contributed by atoms with Crippen molar-refractivity contribution in [3.63, 3.8) is 0 Å². The summed E-state index contributed by atoms with van der Waals surface area (Å²) in [6.07, 6.45) is 0.942. The Kier molecular flexibility index (Phi) is 6.13. The lowest BCUT2D eigenvalue weighted by Gasteiger charge is -2.21. The smallest absolute Gasteiger partial charge is 0.240 e. The van der Waals surface area contributed by atoms with Gasteiger partial charge >= 0.3 is 0 Å². The van der Waals surface area contributed by atoms with Crippen LogP contribution in [0.25, 0.3) is 0 Å². The quantitative estimate of drug-likeness (QED) is 0.887. The van der Waals surface area contributed by atoms with Crippen molar-refractivity contribution in [1.29, 1.82) is 0 Å². The van der Waals surface area contributed by atoms with E-state index in [1.54, 1.807) is 0 Å². The molecule has 0 heterocycles. The fourth-order valence-electron chi connectivity index (χ4n) is 2.40. The highest BCUT2D eigenvalue weighted by molar-refractivity contribution is 5.97. The number of amides is 2. The van der Waals surface area contributed by atoms with Crippen LogP contribution in [0.2, 0.25) is 0 Å². The third kappa shape index (κ3) is 4.95. The molecule has 24 heavy (non-hydrogen) atoms. The van der Waals surface area contributed by atoms with Gasteiger partial charge in [-0.25, -0.2) is 0 Å². The summed E-state index contributed by atoms with van der Waals surface area (Å²) >= 11 is 0. The number of anilines is 1. The number of nitrogens with zero attached hydrogens (tertiary/aromatic N) is 1. The van der Waals surface area contributed by atoms with E-state index in [2.05, 4.69) is 12.2 Å². The van der Waals surface area contributed by atoms with Gasteiger partial charge in [0.25, 0.3) is 0 Å². The van der Waals surface area contributed by atoms with Crippen LogP contribution in [-0.2, 0) is 22.6 Å². The highest BCUT2D eigenvalue weighted by Gasteiger charge is 2.15. The van der Waals surface area contributed by atoms with Crippen LogP contribution < -0.4 is 10.2 Å². The molecule has 0 aromatic heterocycles. The van der Waals surface area contributed by atoms with E-state index >= 15 is 0 Å². The molecule has 0 spiro atoms. The summed E-state index contributed by atoms with van der Waals surface area (Å²) in [5.74, 6) is -0.324. The molecule has 0 unspecified atom stereocenters. The van der Waals surface area contributed by atoms with Crippen LogP contribution in [0, 0.1) is 6.92 Å². The van der Waals surface area contributed by atoms with Gasteiger partial charge in [-0.2, -0.15) is 0 Å².